The van der Waals surface area contributed by atoms with Crippen LogP contribution >= 0.6 is 11.8 Å². The number of allylic oxidation sites excluding steroid dienone is 1. The van der Waals surface area contributed by atoms with Crippen LogP contribution in [0.3, 0.4) is 0 Å². The van der Waals surface area contributed by atoms with Crippen molar-refractivity contribution in [2.45, 2.75) is 25.5 Å². The molecule has 1 aliphatic heterocycles. The highest BCUT2D eigenvalue weighted by molar-refractivity contribution is 8.02. The first-order chi connectivity index (χ1) is 13.0. The highest BCUT2D eigenvalue weighted by atomic mass is 32.2. The molecule has 1 atom stereocenters. The van der Waals surface area contributed by atoms with Crippen molar-refractivity contribution in [2.75, 3.05) is 0 Å². The number of hydrogen-bond acceptors (Lipinski definition) is 6. The van der Waals surface area contributed by atoms with Gasteiger partial charge in [-0.15, -0.1) is 0 Å². The van der Waals surface area contributed by atoms with E-state index in [0.29, 0.717) is 12.1 Å². The van der Waals surface area contributed by atoms with Gasteiger partial charge in [-0.25, -0.2) is 23.2 Å². The number of thioether (sulfide) groups is 1. The van der Waals surface area contributed by atoms with Gasteiger partial charge in [0.1, 0.15) is 24.2 Å². The van der Waals surface area contributed by atoms with Crippen LogP contribution in [0.2, 0.25) is 0 Å². The monoisotopic (exact) mass is 391 g/mol. The van der Waals surface area contributed by atoms with Crippen molar-refractivity contribution in [3.05, 3.63) is 81.7 Å². The maximum absolute atomic E-state index is 13.4. The van der Waals surface area contributed by atoms with Gasteiger partial charge in [-0.05, 0) is 30.0 Å². The smallest absolute Gasteiger partial charge is 0.348 e. The fourth-order valence-corrected chi connectivity index (χ4v) is 3.99. The van der Waals surface area contributed by atoms with Gasteiger partial charge in [0.15, 0.2) is 11.9 Å². The van der Waals surface area contributed by atoms with E-state index < -0.39 is 11.6 Å². The molecule has 10 heteroatoms. The summed E-state index contributed by atoms with van der Waals surface area (Å²) in [4.78, 5) is 18.9. The molecule has 3 heterocycles. The Morgan fingerprint density at radius 3 is 2.70 bits per heavy atom. The Balaban J connectivity index is 1.58. The molecule has 1 aromatic carbocycles. The summed E-state index contributed by atoms with van der Waals surface area (Å²) in [5.74, 6) is -1.38. The van der Waals surface area contributed by atoms with Crippen molar-refractivity contribution in [2.24, 2.45) is 0 Å². The topological polar surface area (TPSA) is 69.1 Å². The lowest BCUT2D eigenvalue weighted by Gasteiger charge is -2.26. The minimum Gasteiger partial charge on any atom is -0.451 e. The molecule has 0 fully saturated rings. The Hall–Kier alpha value is -2.88. The highest BCUT2D eigenvalue weighted by Gasteiger charge is 2.28. The van der Waals surface area contributed by atoms with Crippen molar-refractivity contribution in [1.82, 2.24) is 24.2 Å². The second kappa shape index (κ2) is 7.03. The first-order valence-electron chi connectivity index (χ1n) is 8.06. The van der Waals surface area contributed by atoms with Gasteiger partial charge in [-0.2, -0.15) is 5.10 Å². The van der Waals surface area contributed by atoms with Gasteiger partial charge in [0.2, 0.25) is 0 Å². The number of aromatic nitrogens is 4. The second-order valence-electron chi connectivity index (χ2n) is 6.09. The van der Waals surface area contributed by atoms with Gasteiger partial charge in [0, 0.05) is 11.8 Å². The zero-order valence-corrected chi connectivity index (χ0v) is 15.1. The molecule has 0 amide bonds. The average molecular weight is 391 g/mol. The van der Waals surface area contributed by atoms with Crippen LogP contribution in [0, 0.1) is 11.6 Å². The number of rotatable bonds is 5. The predicted octanol–water partition coefficient (Wildman–Crippen LogP) is 2.93. The first kappa shape index (κ1) is 17.5. The van der Waals surface area contributed by atoms with Crippen LogP contribution in [0.25, 0.3) is 0 Å². The molecule has 27 heavy (non-hydrogen) atoms. The summed E-state index contributed by atoms with van der Waals surface area (Å²) >= 11 is 1.47. The molecule has 3 aromatic rings. The van der Waals surface area contributed by atoms with Crippen LogP contribution in [0.4, 0.5) is 8.78 Å². The van der Waals surface area contributed by atoms with E-state index in [4.69, 9.17) is 4.42 Å². The molecular formula is C17H15F2N5O2S. The fraction of sp³-hybridized carbons (Fsp3) is 0.235. The summed E-state index contributed by atoms with van der Waals surface area (Å²) in [6, 6.07) is 3.15. The van der Waals surface area contributed by atoms with Crippen molar-refractivity contribution < 1.29 is 13.2 Å². The second-order valence-corrected chi connectivity index (χ2v) is 7.01. The summed E-state index contributed by atoms with van der Waals surface area (Å²) in [6.45, 7) is 2.40. The highest BCUT2D eigenvalue weighted by Crippen LogP contribution is 2.38. The molecule has 0 radical (unpaired) electrons. The standard InChI is InChI=1S/C17H15F2N5O2S/c1-11-8-27-17(22(11)6-15-7-26-10-20-15)23-9-21-24(16(23)25)5-12-2-13(18)4-14(19)3-12/h2-4,7-10,17H,5-6H2,1H3. The maximum Gasteiger partial charge on any atom is 0.348 e. The van der Waals surface area contributed by atoms with Gasteiger partial charge < -0.3 is 9.32 Å². The minimum atomic E-state index is -0.692. The van der Waals surface area contributed by atoms with E-state index in [0.717, 1.165) is 17.5 Å². The van der Waals surface area contributed by atoms with E-state index >= 15 is 0 Å². The van der Waals surface area contributed by atoms with Crippen LogP contribution in [0.15, 0.2) is 57.5 Å². The van der Waals surface area contributed by atoms with Crippen molar-refractivity contribution in [1.29, 1.82) is 0 Å². The van der Waals surface area contributed by atoms with E-state index in [-0.39, 0.29) is 17.7 Å². The summed E-state index contributed by atoms with van der Waals surface area (Å²) < 4.78 is 34.4. The molecule has 7 nitrogen and oxygen atoms in total. The summed E-state index contributed by atoms with van der Waals surface area (Å²) in [6.07, 6.45) is 4.34. The molecule has 0 saturated heterocycles. The maximum atomic E-state index is 13.4. The zero-order valence-electron chi connectivity index (χ0n) is 14.2. The van der Waals surface area contributed by atoms with E-state index in [9.17, 15) is 13.6 Å². The zero-order chi connectivity index (χ0) is 19.0. The van der Waals surface area contributed by atoms with E-state index in [2.05, 4.69) is 10.1 Å². The normalized spacial score (nSPS) is 16.8. The van der Waals surface area contributed by atoms with Gasteiger partial charge in [0.25, 0.3) is 0 Å². The fourth-order valence-electron chi connectivity index (χ4n) is 2.87. The lowest BCUT2D eigenvalue weighted by atomic mass is 10.2. The lowest BCUT2D eigenvalue weighted by molar-refractivity contribution is 0.260. The lowest BCUT2D eigenvalue weighted by Crippen LogP contribution is -2.33. The molecule has 0 bridgehead atoms. The largest absolute Gasteiger partial charge is 0.451 e. The van der Waals surface area contributed by atoms with Crippen LogP contribution in [0.1, 0.15) is 23.7 Å². The molecule has 140 valence electrons. The van der Waals surface area contributed by atoms with Gasteiger partial charge in [0.05, 0.1) is 18.8 Å². The molecule has 0 spiro atoms. The van der Waals surface area contributed by atoms with Crippen LogP contribution in [0.5, 0.6) is 0 Å². The number of nitrogens with zero attached hydrogens (tertiary/aromatic N) is 5. The summed E-state index contributed by atoms with van der Waals surface area (Å²) in [7, 11) is 0. The molecule has 0 N–H and O–H groups in total. The third-order valence-corrected chi connectivity index (χ3v) is 5.35. The molecular weight excluding hydrogens is 376 g/mol. The van der Waals surface area contributed by atoms with E-state index in [1.807, 2.05) is 17.2 Å². The summed E-state index contributed by atoms with van der Waals surface area (Å²) in [5, 5.41) is 6.05. The van der Waals surface area contributed by atoms with Crippen LogP contribution in [-0.4, -0.2) is 24.2 Å². The molecule has 0 saturated carbocycles. The Morgan fingerprint density at radius 1 is 1.22 bits per heavy atom. The molecule has 1 unspecified atom stereocenters. The molecule has 2 aromatic heterocycles. The predicted molar refractivity (Wildman–Crippen MR) is 94.4 cm³/mol. The van der Waals surface area contributed by atoms with Crippen molar-refractivity contribution in [3.63, 3.8) is 0 Å². The van der Waals surface area contributed by atoms with Gasteiger partial charge in [-0.1, -0.05) is 11.8 Å². The Bertz CT molecular complexity index is 1020. The Morgan fingerprint density at radius 2 is 2.00 bits per heavy atom. The SMILES string of the molecule is CC1=CSC(n2cnn(Cc3cc(F)cc(F)c3)c2=O)N1Cc1cocn1. The van der Waals surface area contributed by atoms with Gasteiger partial charge >= 0.3 is 5.69 Å². The van der Waals surface area contributed by atoms with Crippen molar-refractivity contribution in [3.8, 4) is 0 Å². The third-order valence-electron chi connectivity index (χ3n) is 4.15. The van der Waals surface area contributed by atoms with Crippen molar-refractivity contribution >= 4 is 11.8 Å². The van der Waals surface area contributed by atoms with E-state index in [1.54, 1.807) is 6.26 Å². The summed E-state index contributed by atoms with van der Waals surface area (Å²) in [5.41, 5.74) is 1.36. The number of hydrogen-bond donors (Lipinski definition) is 0. The average Bonchev–Trinajstić information content (AvgIpc) is 3.32. The molecule has 0 aliphatic carbocycles. The number of halogens is 2. The van der Waals surface area contributed by atoms with Crippen LogP contribution < -0.4 is 5.69 Å². The molecule has 1 aliphatic rings. The molecule has 4 rings (SSSR count). The van der Waals surface area contributed by atoms with E-state index in [1.165, 1.54) is 45.9 Å². The third kappa shape index (κ3) is 3.52. The van der Waals surface area contributed by atoms with Gasteiger partial charge in [-0.3, -0.25) is 4.57 Å². The first-order valence-corrected chi connectivity index (χ1v) is 9.00. The number of oxazole rings is 1. The Kier molecular flexibility index (Phi) is 4.56. The van der Waals surface area contributed by atoms with Crippen LogP contribution in [-0.2, 0) is 13.1 Å². The minimum absolute atomic E-state index is 0.0202. The number of benzene rings is 1. The quantitative estimate of drug-likeness (QED) is 0.666. The Labute approximate surface area is 156 Å².